The minimum atomic E-state index is -4.65. The van der Waals surface area contributed by atoms with Gasteiger partial charge in [0.05, 0.1) is 17.6 Å². The zero-order valence-corrected chi connectivity index (χ0v) is 15.9. The van der Waals surface area contributed by atoms with Crippen LogP contribution in [0, 0.1) is 0 Å². The third-order valence-electron chi connectivity index (χ3n) is 4.88. The molecule has 0 saturated heterocycles. The van der Waals surface area contributed by atoms with Crippen molar-refractivity contribution >= 4 is 10.0 Å². The lowest BCUT2D eigenvalue weighted by atomic mass is 9.79. The van der Waals surface area contributed by atoms with E-state index < -0.39 is 32.3 Å². The van der Waals surface area contributed by atoms with Gasteiger partial charge in [-0.15, -0.1) is 0 Å². The molecule has 28 heavy (non-hydrogen) atoms. The summed E-state index contributed by atoms with van der Waals surface area (Å²) in [7, 11) is -2.70. The first-order chi connectivity index (χ1) is 13.0. The highest BCUT2D eigenvalue weighted by atomic mass is 32.2. The van der Waals surface area contributed by atoms with Crippen molar-refractivity contribution in [2.45, 2.75) is 35.9 Å². The first-order valence-electron chi connectivity index (χ1n) is 8.62. The molecule has 0 unspecified atom stereocenters. The van der Waals surface area contributed by atoms with E-state index in [0.717, 1.165) is 30.2 Å². The van der Waals surface area contributed by atoms with Crippen LogP contribution in [0.5, 0.6) is 5.75 Å². The molecule has 2 N–H and O–H groups in total. The first kappa shape index (κ1) is 20.6. The molecule has 1 atom stereocenters. The van der Waals surface area contributed by atoms with Gasteiger partial charge in [-0.1, -0.05) is 12.1 Å². The van der Waals surface area contributed by atoms with Crippen molar-refractivity contribution in [3.63, 3.8) is 0 Å². The van der Waals surface area contributed by atoms with E-state index in [1.807, 2.05) is 0 Å². The Kier molecular flexibility index (Phi) is 5.44. The Bertz CT molecular complexity index is 975. The van der Waals surface area contributed by atoms with E-state index >= 15 is 0 Å². The fourth-order valence-corrected chi connectivity index (χ4v) is 4.52. The number of alkyl halides is 3. The Morgan fingerprint density at radius 2 is 1.96 bits per heavy atom. The number of hydrogen-bond donors (Lipinski definition) is 2. The van der Waals surface area contributed by atoms with Crippen LogP contribution in [0.25, 0.3) is 0 Å². The second kappa shape index (κ2) is 7.38. The van der Waals surface area contributed by atoms with Gasteiger partial charge in [-0.05, 0) is 60.7 Å². The predicted molar refractivity (Wildman–Crippen MR) is 96.5 cm³/mol. The standard InChI is InChI=1S/C19H20F3NO4S/c1-27-15-7-8-17-13(10-15)4-3-9-18(17,24)12-23-28(25,26)16-6-2-5-14(11-16)19(20,21)22/h2,5-8,10-11,23-24H,3-4,9,12H2,1H3/t18-/m0/s1. The van der Waals surface area contributed by atoms with Crippen LogP contribution in [-0.2, 0) is 28.2 Å². The number of aryl methyl sites for hydroxylation is 1. The molecule has 0 saturated carbocycles. The molecule has 1 aliphatic rings. The van der Waals surface area contributed by atoms with E-state index in [9.17, 15) is 26.7 Å². The minimum absolute atomic E-state index is 0.331. The fourth-order valence-electron chi connectivity index (χ4n) is 3.38. The summed E-state index contributed by atoms with van der Waals surface area (Å²) in [5.74, 6) is 0.632. The molecule has 0 amide bonds. The molecule has 9 heteroatoms. The van der Waals surface area contributed by atoms with Crippen LogP contribution in [0.1, 0.15) is 29.5 Å². The molecule has 0 bridgehead atoms. The van der Waals surface area contributed by atoms with Gasteiger partial charge in [0.1, 0.15) is 11.4 Å². The summed E-state index contributed by atoms with van der Waals surface area (Å²) in [6.07, 6.45) is -2.96. The predicted octanol–water partition coefficient (Wildman–Crippen LogP) is 3.22. The number of sulfonamides is 1. The highest BCUT2D eigenvalue weighted by molar-refractivity contribution is 7.89. The maximum Gasteiger partial charge on any atom is 0.416 e. The highest BCUT2D eigenvalue weighted by Crippen LogP contribution is 2.37. The molecule has 2 aromatic rings. The van der Waals surface area contributed by atoms with Crippen molar-refractivity contribution < 1.29 is 31.4 Å². The summed E-state index contributed by atoms with van der Waals surface area (Å²) in [5, 5.41) is 11.0. The Morgan fingerprint density at radius 3 is 2.64 bits per heavy atom. The summed E-state index contributed by atoms with van der Waals surface area (Å²) in [4.78, 5) is -0.503. The van der Waals surface area contributed by atoms with Gasteiger partial charge in [0.25, 0.3) is 0 Å². The number of fused-ring (bicyclic) bond motifs is 1. The fraction of sp³-hybridized carbons (Fsp3) is 0.368. The normalized spacial score (nSPS) is 19.9. The van der Waals surface area contributed by atoms with Gasteiger partial charge in [0.15, 0.2) is 0 Å². The monoisotopic (exact) mass is 415 g/mol. The van der Waals surface area contributed by atoms with Gasteiger partial charge in [0.2, 0.25) is 10.0 Å². The Morgan fingerprint density at radius 1 is 1.21 bits per heavy atom. The lowest BCUT2D eigenvalue weighted by molar-refractivity contribution is -0.137. The largest absolute Gasteiger partial charge is 0.497 e. The number of methoxy groups -OCH3 is 1. The number of halogens is 3. The zero-order valence-electron chi connectivity index (χ0n) is 15.1. The molecule has 0 radical (unpaired) electrons. The first-order valence-corrected chi connectivity index (χ1v) is 10.1. The van der Waals surface area contributed by atoms with Crippen molar-refractivity contribution in [2.75, 3.05) is 13.7 Å². The molecule has 3 rings (SSSR count). The molecule has 2 aromatic carbocycles. The van der Waals surface area contributed by atoms with Crippen LogP contribution in [0.3, 0.4) is 0 Å². The number of aliphatic hydroxyl groups is 1. The third-order valence-corrected chi connectivity index (χ3v) is 6.28. The summed E-state index contributed by atoms with van der Waals surface area (Å²) < 4.78 is 71.0. The second-order valence-corrected chi connectivity index (χ2v) is 8.53. The molecule has 152 valence electrons. The SMILES string of the molecule is COc1ccc2c(c1)CCC[C@]2(O)CNS(=O)(=O)c1cccc(C(F)(F)F)c1. The Hall–Kier alpha value is -2.10. The minimum Gasteiger partial charge on any atom is -0.497 e. The molecule has 1 aliphatic carbocycles. The van der Waals surface area contributed by atoms with Crippen LogP contribution in [-0.4, -0.2) is 27.2 Å². The van der Waals surface area contributed by atoms with Crippen LogP contribution < -0.4 is 9.46 Å². The van der Waals surface area contributed by atoms with E-state index in [1.165, 1.54) is 7.11 Å². The maximum atomic E-state index is 12.9. The van der Waals surface area contributed by atoms with E-state index in [2.05, 4.69) is 4.72 Å². The quantitative estimate of drug-likeness (QED) is 0.786. The summed E-state index contributed by atoms with van der Waals surface area (Å²) in [5.41, 5.74) is -1.06. The number of benzene rings is 2. The van der Waals surface area contributed by atoms with Crippen molar-refractivity contribution in [3.8, 4) is 5.75 Å². The van der Waals surface area contributed by atoms with Crippen LogP contribution in [0.4, 0.5) is 13.2 Å². The molecule has 0 spiro atoms. The van der Waals surface area contributed by atoms with Crippen molar-refractivity contribution in [1.82, 2.24) is 4.72 Å². The molecular formula is C19H20F3NO4S. The maximum absolute atomic E-state index is 12.9. The average Bonchev–Trinajstić information content (AvgIpc) is 2.66. The van der Waals surface area contributed by atoms with Crippen molar-refractivity contribution in [2.24, 2.45) is 0 Å². The topological polar surface area (TPSA) is 75.6 Å². The van der Waals surface area contributed by atoms with Crippen LogP contribution in [0.15, 0.2) is 47.4 Å². The van der Waals surface area contributed by atoms with Crippen LogP contribution >= 0.6 is 0 Å². The van der Waals surface area contributed by atoms with Crippen molar-refractivity contribution in [1.29, 1.82) is 0 Å². The summed E-state index contributed by atoms with van der Waals surface area (Å²) in [6.45, 7) is -0.342. The van der Waals surface area contributed by atoms with E-state index in [-0.39, 0.29) is 6.54 Å². The third kappa shape index (κ3) is 4.16. The lowest BCUT2D eigenvalue weighted by Gasteiger charge is -2.34. The van der Waals surface area contributed by atoms with Crippen molar-refractivity contribution in [3.05, 3.63) is 59.2 Å². The summed E-state index contributed by atoms with van der Waals surface area (Å²) >= 11 is 0. The zero-order chi connectivity index (χ0) is 20.6. The van der Waals surface area contributed by atoms with Gasteiger partial charge in [-0.3, -0.25) is 0 Å². The molecule has 5 nitrogen and oxygen atoms in total. The molecule has 0 aromatic heterocycles. The van der Waals surface area contributed by atoms with E-state index in [1.54, 1.807) is 18.2 Å². The average molecular weight is 415 g/mol. The molecule has 0 aliphatic heterocycles. The number of hydrogen-bond acceptors (Lipinski definition) is 4. The smallest absolute Gasteiger partial charge is 0.416 e. The Balaban J connectivity index is 1.84. The number of ether oxygens (including phenoxy) is 1. The van der Waals surface area contributed by atoms with Gasteiger partial charge in [-0.2, -0.15) is 13.2 Å². The Labute approximate surface area is 161 Å². The van der Waals surface area contributed by atoms with Gasteiger partial charge in [-0.25, -0.2) is 13.1 Å². The molecular weight excluding hydrogens is 395 g/mol. The van der Waals surface area contributed by atoms with Gasteiger partial charge < -0.3 is 9.84 Å². The van der Waals surface area contributed by atoms with E-state index in [0.29, 0.717) is 30.2 Å². The van der Waals surface area contributed by atoms with E-state index in [4.69, 9.17) is 4.74 Å². The lowest BCUT2D eigenvalue weighted by Crippen LogP contribution is -2.43. The molecule has 0 fully saturated rings. The number of rotatable bonds is 5. The van der Waals surface area contributed by atoms with Gasteiger partial charge >= 0.3 is 6.18 Å². The summed E-state index contributed by atoms with van der Waals surface area (Å²) in [6, 6.07) is 8.65. The van der Waals surface area contributed by atoms with Gasteiger partial charge in [0, 0.05) is 6.54 Å². The second-order valence-electron chi connectivity index (χ2n) is 6.76. The van der Waals surface area contributed by atoms with Crippen LogP contribution in [0.2, 0.25) is 0 Å². The molecule has 0 heterocycles. The number of nitrogens with one attached hydrogen (secondary N) is 1. The highest BCUT2D eigenvalue weighted by Gasteiger charge is 2.36.